The smallest absolute Gasteiger partial charge is 0.306 e. The number of phenolic OH excluding ortho intramolecular Hbond substituents is 1. The van der Waals surface area contributed by atoms with Gasteiger partial charge in [-0.05, 0) is 61.4 Å². The van der Waals surface area contributed by atoms with Crippen molar-refractivity contribution in [3.05, 3.63) is 29.3 Å². The Morgan fingerprint density at radius 2 is 1.94 bits per heavy atom. The van der Waals surface area contributed by atoms with Gasteiger partial charge in [-0.3, -0.25) is 4.79 Å². The second kappa shape index (κ2) is 10.8. The van der Waals surface area contributed by atoms with Crippen LogP contribution in [0.5, 0.6) is 5.75 Å². The Morgan fingerprint density at radius 3 is 2.55 bits per heavy atom. The zero-order valence-corrected chi connectivity index (χ0v) is 19.5. The maximum atomic E-state index is 11.9. The van der Waals surface area contributed by atoms with Gasteiger partial charge in [0, 0.05) is 25.0 Å². The van der Waals surface area contributed by atoms with Gasteiger partial charge in [-0.2, -0.15) is 0 Å². The van der Waals surface area contributed by atoms with E-state index in [0.29, 0.717) is 24.6 Å². The number of nitrogens with one attached hydrogen (secondary N) is 1. The molecule has 1 fully saturated rings. The molecule has 0 heterocycles. The molecule has 31 heavy (non-hydrogen) atoms. The second-order valence-electron chi connectivity index (χ2n) is 9.68. The van der Waals surface area contributed by atoms with Gasteiger partial charge in [0.1, 0.15) is 5.75 Å². The molecule has 0 amide bonds. The van der Waals surface area contributed by atoms with Crippen molar-refractivity contribution in [1.29, 1.82) is 0 Å². The van der Waals surface area contributed by atoms with E-state index in [9.17, 15) is 15.0 Å². The first kappa shape index (κ1) is 24.1. The number of carboxylic acids is 1. The number of aromatic hydroxyl groups is 1. The molecule has 3 atom stereocenters. The minimum absolute atomic E-state index is 0.0264. The highest BCUT2D eigenvalue weighted by Crippen LogP contribution is 2.44. The van der Waals surface area contributed by atoms with Crippen molar-refractivity contribution in [1.82, 2.24) is 5.32 Å². The molecule has 0 aromatic heterocycles. The lowest BCUT2D eigenvalue weighted by Gasteiger charge is -2.49. The van der Waals surface area contributed by atoms with E-state index >= 15 is 0 Å². The fourth-order valence-corrected chi connectivity index (χ4v) is 6.26. The molecule has 0 radical (unpaired) electrons. The number of carbonyl (C=O) groups is 1. The Hall–Kier alpha value is -1.59. The molecular weight excluding hydrogens is 390 g/mol. The number of rotatable bonds is 10. The molecule has 1 aromatic carbocycles. The van der Waals surface area contributed by atoms with Gasteiger partial charge < -0.3 is 20.3 Å². The largest absolute Gasteiger partial charge is 0.508 e. The normalized spacial score (nSPS) is 24.5. The zero-order valence-electron chi connectivity index (χ0n) is 19.5. The Bertz CT molecular complexity index is 724. The third-order valence-corrected chi connectivity index (χ3v) is 8.13. The summed E-state index contributed by atoms with van der Waals surface area (Å²) in [5, 5.41) is 23.7. The predicted octanol–water partition coefficient (Wildman–Crippen LogP) is 5.04. The van der Waals surface area contributed by atoms with Crippen molar-refractivity contribution >= 4 is 5.97 Å². The van der Waals surface area contributed by atoms with E-state index in [1.165, 1.54) is 43.2 Å². The van der Waals surface area contributed by atoms with Gasteiger partial charge in [0.05, 0.1) is 12.0 Å². The van der Waals surface area contributed by atoms with Crippen LogP contribution >= 0.6 is 0 Å². The summed E-state index contributed by atoms with van der Waals surface area (Å²) in [6.07, 6.45) is 10.3. The first-order chi connectivity index (χ1) is 14.9. The van der Waals surface area contributed by atoms with Crippen molar-refractivity contribution in [3.8, 4) is 5.75 Å². The molecule has 0 unspecified atom stereocenters. The van der Waals surface area contributed by atoms with Crippen molar-refractivity contribution in [2.45, 2.75) is 95.6 Å². The predicted molar refractivity (Wildman–Crippen MR) is 124 cm³/mol. The molecule has 1 aromatic rings. The topological polar surface area (TPSA) is 78.8 Å². The third-order valence-electron chi connectivity index (χ3n) is 8.13. The molecule has 3 rings (SSSR count). The van der Waals surface area contributed by atoms with Crippen LogP contribution in [0.1, 0.15) is 82.8 Å². The number of phenols is 1. The highest BCUT2D eigenvalue weighted by atomic mass is 16.5. The molecule has 5 nitrogen and oxygen atoms in total. The Balaban J connectivity index is 1.73. The fraction of sp³-hybridized carbons (Fsp3) is 0.731. The van der Waals surface area contributed by atoms with E-state index in [4.69, 9.17) is 4.74 Å². The highest BCUT2D eigenvalue weighted by molar-refractivity contribution is 5.69. The summed E-state index contributed by atoms with van der Waals surface area (Å²) in [6, 6.07) is 5.80. The second-order valence-corrected chi connectivity index (χ2v) is 9.68. The first-order valence-electron chi connectivity index (χ1n) is 12.3. The van der Waals surface area contributed by atoms with Crippen LogP contribution in [0.2, 0.25) is 0 Å². The number of fused-ring (bicyclic) bond motifs is 1. The van der Waals surface area contributed by atoms with Gasteiger partial charge in [0.15, 0.2) is 0 Å². The standard InChI is InChI=1S/C26H41NO4/c1-4-26(5-2)22-17-21(28)12-11-19(22)16-23(31-3)24(26)27-14-13-20(25(29)30)15-18-9-7-6-8-10-18/h11-12,17-18,20,23-24,27-28H,4-10,13-16H2,1-3H3,(H,29,30)/t20-,23-,24+/m0/s1. The minimum atomic E-state index is -0.660. The van der Waals surface area contributed by atoms with Gasteiger partial charge in [-0.15, -0.1) is 0 Å². The number of carboxylic acid groups (broad SMARTS) is 1. The summed E-state index contributed by atoms with van der Waals surface area (Å²) in [6.45, 7) is 5.07. The van der Waals surface area contributed by atoms with Gasteiger partial charge in [-0.1, -0.05) is 52.0 Å². The number of ether oxygens (including phenoxy) is 1. The van der Waals surface area contributed by atoms with Gasteiger partial charge in [0.2, 0.25) is 0 Å². The summed E-state index contributed by atoms with van der Waals surface area (Å²) in [5.41, 5.74) is 2.31. The fourth-order valence-electron chi connectivity index (χ4n) is 6.26. The molecule has 0 saturated heterocycles. The van der Waals surface area contributed by atoms with Gasteiger partial charge in [0.25, 0.3) is 0 Å². The molecule has 5 heteroatoms. The SMILES string of the molecule is CCC1(CC)c2cc(O)ccc2C[C@H](OC)[C@H]1NCC[C@@H](CC1CCCCC1)C(=O)O. The van der Waals surface area contributed by atoms with Crippen LogP contribution in [0.15, 0.2) is 18.2 Å². The van der Waals surface area contributed by atoms with E-state index in [0.717, 1.165) is 25.7 Å². The average Bonchev–Trinajstić information content (AvgIpc) is 2.78. The lowest BCUT2D eigenvalue weighted by molar-refractivity contribution is -0.142. The average molecular weight is 432 g/mol. The van der Waals surface area contributed by atoms with Crippen LogP contribution in [-0.4, -0.2) is 42.0 Å². The molecule has 174 valence electrons. The molecule has 3 N–H and O–H groups in total. The Labute approximate surface area is 187 Å². The van der Waals surface area contributed by atoms with Crippen LogP contribution in [0.4, 0.5) is 0 Å². The van der Waals surface area contributed by atoms with Gasteiger partial charge in [-0.25, -0.2) is 0 Å². The van der Waals surface area contributed by atoms with Crippen LogP contribution < -0.4 is 5.32 Å². The minimum Gasteiger partial charge on any atom is -0.508 e. The van der Waals surface area contributed by atoms with Crippen molar-refractivity contribution in [2.24, 2.45) is 11.8 Å². The van der Waals surface area contributed by atoms with E-state index in [-0.39, 0.29) is 23.5 Å². The third kappa shape index (κ3) is 5.25. The van der Waals surface area contributed by atoms with Crippen molar-refractivity contribution in [3.63, 3.8) is 0 Å². The zero-order chi connectivity index (χ0) is 22.4. The van der Waals surface area contributed by atoms with Crippen LogP contribution in [-0.2, 0) is 21.4 Å². The van der Waals surface area contributed by atoms with Gasteiger partial charge >= 0.3 is 5.97 Å². The maximum absolute atomic E-state index is 11.9. The quantitative estimate of drug-likeness (QED) is 0.484. The van der Waals surface area contributed by atoms with E-state index in [1.54, 1.807) is 13.2 Å². The molecule has 2 aliphatic carbocycles. The highest BCUT2D eigenvalue weighted by Gasteiger charge is 2.46. The molecular formula is C26H41NO4. The monoisotopic (exact) mass is 431 g/mol. The summed E-state index contributed by atoms with van der Waals surface area (Å²) in [7, 11) is 1.77. The number of methoxy groups -OCH3 is 1. The number of hydrogen-bond donors (Lipinski definition) is 3. The molecule has 2 aliphatic rings. The summed E-state index contributed by atoms with van der Waals surface area (Å²) < 4.78 is 5.93. The lowest BCUT2D eigenvalue weighted by atomic mass is 9.62. The van der Waals surface area contributed by atoms with E-state index in [2.05, 4.69) is 19.2 Å². The van der Waals surface area contributed by atoms with E-state index in [1.807, 2.05) is 12.1 Å². The molecule has 0 spiro atoms. The summed E-state index contributed by atoms with van der Waals surface area (Å²) in [4.78, 5) is 11.9. The van der Waals surface area contributed by atoms with Crippen molar-refractivity contribution in [2.75, 3.05) is 13.7 Å². The number of aliphatic carboxylic acids is 1. The molecule has 1 saturated carbocycles. The lowest BCUT2D eigenvalue weighted by Crippen LogP contribution is -2.59. The van der Waals surface area contributed by atoms with Crippen LogP contribution in [0.25, 0.3) is 0 Å². The maximum Gasteiger partial charge on any atom is 0.306 e. The van der Waals surface area contributed by atoms with Crippen LogP contribution in [0, 0.1) is 11.8 Å². The number of hydrogen-bond acceptors (Lipinski definition) is 4. The first-order valence-corrected chi connectivity index (χ1v) is 12.3. The summed E-state index contributed by atoms with van der Waals surface area (Å²) >= 11 is 0. The van der Waals surface area contributed by atoms with E-state index < -0.39 is 5.97 Å². The number of benzene rings is 1. The Kier molecular flexibility index (Phi) is 8.40. The van der Waals surface area contributed by atoms with Crippen molar-refractivity contribution < 1.29 is 19.7 Å². The van der Waals surface area contributed by atoms with Crippen LogP contribution in [0.3, 0.4) is 0 Å². The Morgan fingerprint density at radius 1 is 1.23 bits per heavy atom. The molecule has 0 aliphatic heterocycles. The molecule has 0 bridgehead atoms. The summed E-state index contributed by atoms with van der Waals surface area (Å²) in [5.74, 6) is -0.0736.